The van der Waals surface area contributed by atoms with Gasteiger partial charge in [-0.3, -0.25) is 4.79 Å². The number of nitrogens with zero attached hydrogens (tertiary/aromatic N) is 2. The van der Waals surface area contributed by atoms with Gasteiger partial charge in [0.25, 0.3) is 0 Å². The van der Waals surface area contributed by atoms with Gasteiger partial charge < -0.3 is 20.4 Å². The van der Waals surface area contributed by atoms with Crippen LogP contribution in [0.15, 0.2) is 54.6 Å². The Bertz CT molecular complexity index is 794. The number of benzene rings is 2. The van der Waals surface area contributed by atoms with E-state index in [1.54, 1.807) is 4.90 Å². The molecule has 0 aromatic heterocycles. The summed E-state index contributed by atoms with van der Waals surface area (Å²) < 4.78 is 0. The van der Waals surface area contributed by atoms with Crippen LogP contribution in [0.2, 0.25) is 0 Å². The molecule has 3 rings (SSSR count). The molecule has 0 saturated carbocycles. The highest BCUT2D eigenvalue weighted by Gasteiger charge is 2.21. The van der Waals surface area contributed by atoms with Crippen molar-refractivity contribution in [2.75, 3.05) is 35.3 Å². The van der Waals surface area contributed by atoms with Crippen LogP contribution in [0.5, 0.6) is 0 Å². The van der Waals surface area contributed by atoms with Gasteiger partial charge in [0.1, 0.15) is 0 Å². The molecule has 6 heteroatoms. The summed E-state index contributed by atoms with van der Waals surface area (Å²) in [6.45, 7) is 3.31. The van der Waals surface area contributed by atoms with Crippen molar-refractivity contribution >= 4 is 29.0 Å². The first-order valence-corrected chi connectivity index (χ1v) is 9.28. The van der Waals surface area contributed by atoms with Crippen LogP contribution in [0, 0.1) is 0 Å². The average molecular weight is 366 g/mol. The zero-order valence-corrected chi connectivity index (χ0v) is 15.8. The number of carbonyl (C=O) groups excluding carboxylic acids is 2. The number of likely N-dealkylation sites (N-methyl/N-ethyl adjacent to an activating group) is 1. The first kappa shape index (κ1) is 18.8. The van der Waals surface area contributed by atoms with Gasteiger partial charge in [0.05, 0.1) is 0 Å². The zero-order chi connectivity index (χ0) is 19.2. The molecule has 0 bridgehead atoms. The van der Waals surface area contributed by atoms with Crippen molar-refractivity contribution < 1.29 is 9.59 Å². The summed E-state index contributed by atoms with van der Waals surface area (Å²) in [6, 6.07) is 17.4. The largest absolute Gasteiger partial charge is 0.370 e. The summed E-state index contributed by atoms with van der Waals surface area (Å²) in [5.74, 6) is 0.134. The smallest absolute Gasteiger partial charge is 0.319 e. The van der Waals surface area contributed by atoms with E-state index in [9.17, 15) is 9.59 Å². The summed E-state index contributed by atoms with van der Waals surface area (Å²) in [6.07, 6.45) is 1.47. The van der Waals surface area contributed by atoms with Crippen LogP contribution < -0.4 is 20.4 Å². The number of rotatable bonds is 6. The highest BCUT2D eigenvalue weighted by Crippen LogP contribution is 2.24. The van der Waals surface area contributed by atoms with Crippen molar-refractivity contribution in [2.45, 2.75) is 25.8 Å². The monoisotopic (exact) mass is 366 g/mol. The SMILES string of the molecule is C[C@@H](CNC(=O)Nc1cccc(N2CCCC2=O)c1)N(C)c1ccccc1. The molecule has 1 aliphatic heterocycles. The van der Waals surface area contributed by atoms with Crippen molar-refractivity contribution in [3.05, 3.63) is 54.6 Å². The molecular formula is C21H26N4O2. The number of amides is 3. The van der Waals surface area contributed by atoms with Crippen molar-refractivity contribution in [1.82, 2.24) is 5.32 Å². The molecule has 1 saturated heterocycles. The lowest BCUT2D eigenvalue weighted by Gasteiger charge is -2.27. The maximum atomic E-state index is 12.3. The summed E-state index contributed by atoms with van der Waals surface area (Å²) in [5.41, 5.74) is 2.61. The number of anilines is 3. The minimum absolute atomic E-state index is 0.134. The minimum atomic E-state index is -0.256. The van der Waals surface area contributed by atoms with Crippen LogP contribution in [0.1, 0.15) is 19.8 Å². The van der Waals surface area contributed by atoms with Crippen molar-refractivity contribution in [3.63, 3.8) is 0 Å². The van der Waals surface area contributed by atoms with E-state index in [-0.39, 0.29) is 18.0 Å². The molecule has 0 aliphatic carbocycles. The first-order valence-electron chi connectivity index (χ1n) is 9.28. The molecule has 2 aromatic carbocycles. The van der Waals surface area contributed by atoms with Gasteiger partial charge in [0, 0.05) is 49.7 Å². The van der Waals surface area contributed by atoms with Gasteiger partial charge in [0.15, 0.2) is 0 Å². The number of carbonyl (C=O) groups is 2. The van der Waals surface area contributed by atoms with Crippen molar-refractivity contribution in [2.24, 2.45) is 0 Å². The Morgan fingerprint density at radius 2 is 1.96 bits per heavy atom. The second-order valence-electron chi connectivity index (χ2n) is 6.83. The third kappa shape index (κ3) is 4.78. The molecule has 1 fully saturated rings. The molecule has 1 aliphatic rings. The van der Waals surface area contributed by atoms with Crippen molar-refractivity contribution in [3.8, 4) is 0 Å². The molecule has 6 nitrogen and oxygen atoms in total. The fourth-order valence-corrected chi connectivity index (χ4v) is 3.14. The number of para-hydroxylation sites is 1. The maximum Gasteiger partial charge on any atom is 0.319 e. The van der Waals surface area contributed by atoms with E-state index in [0.717, 1.165) is 24.3 Å². The van der Waals surface area contributed by atoms with Gasteiger partial charge in [-0.25, -0.2) is 4.79 Å². The Kier molecular flexibility index (Phi) is 5.96. The third-order valence-corrected chi connectivity index (χ3v) is 4.87. The molecule has 27 heavy (non-hydrogen) atoms. The lowest BCUT2D eigenvalue weighted by Crippen LogP contribution is -2.41. The second-order valence-corrected chi connectivity index (χ2v) is 6.83. The summed E-state index contributed by atoms with van der Waals surface area (Å²) >= 11 is 0. The topological polar surface area (TPSA) is 64.7 Å². The third-order valence-electron chi connectivity index (χ3n) is 4.87. The van der Waals surface area contributed by atoms with E-state index >= 15 is 0 Å². The molecule has 0 spiro atoms. The Morgan fingerprint density at radius 3 is 2.67 bits per heavy atom. The molecule has 3 amide bonds. The van der Waals surface area contributed by atoms with Gasteiger partial charge in [-0.2, -0.15) is 0 Å². The fraction of sp³-hybridized carbons (Fsp3) is 0.333. The summed E-state index contributed by atoms with van der Waals surface area (Å²) in [4.78, 5) is 28.0. The van der Waals surface area contributed by atoms with Crippen LogP contribution in [-0.4, -0.2) is 38.1 Å². The Balaban J connectivity index is 1.53. The van der Waals surface area contributed by atoms with Gasteiger partial charge >= 0.3 is 6.03 Å². The lowest BCUT2D eigenvalue weighted by molar-refractivity contribution is -0.117. The highest BCUT2D eigenvalue weighted by molar-refractivity contribution is 5.96. The quantitative estimate of drug-likeness (QED) is 0.823. The number of hydrogen-bond acceptors (Lipinski definition) is 3. The summed E-state index contributed by atoms with van der Waals surface area (Å²) in [7, 11) is 2.01. The highest BCUT2D eigenvalue weighted by atomic mass is 16.2. The van der Waals surface area contributed by atoms with Gasteiger partial charge in [-0.1, -0.05) is 24.3 Å². The molecule has 0 unspecified atom stereocenters. The van der Waals surface area contributed by atoms with Crippen LogP contribution in [-0.2, 0) is 4.79 Å². The minimum Gasteiger partial charge on any atom is -0.370 e. The van der Waals surface area contributed by atoms with Crippen LogP contribution >= 0.6 is 0 Å². The zero-order valence-electron chi connectivity index (χ0n) is 15.8. The average Bonchev–Trinajstić information content (AvgIpc) is 3.12. The Hall–Kier alpha value is -3.02. The molecule has 0 radical (unpaired) electrons. The molecule has 2 N–H and O–H groups in total. The second kappa shape index (κ2) is 8.58. The van der Waals surface area contributed by atoms with Crippen LogP contribution in [0.25, 0.3) is 0 Å². The normalized spacial score (nSPS) is 14.7. The number of urea groups is 1. The van der Waals surface area contributed by atoms with Gasteiger partial charge in [0.2, 0.25) is 5.91 Å². The standard InChI is InChI=1S/C21H26N4O2/c1-16(24(2)18-9-4-3-5-10-18)15-22-21(27)23-17-8-6-11-19(14-17)25-13-7-12-20(25)26/h3-6,8-11,14,16H,7,12-13,15H2,1-2H3,(H2,22,23,27)/t16-/m0/s1. The Morgan fingerprint density at radius 1 is 1.19 bits per heavy atom. The van der Waals surface area contributed by atoms with Gasteiger partial charge in [-0.15, -0.1) is 0 Å². The van der Waals surface area contributed by atoms with Gasteiger partial charge in [-0.05, 0) is 43.7 Å². The molecular weight excluding hydrogens is 340 g/mol. The predicted molar refractivity (Wildman–Crippen MR) is 109 cm³/mol. The maximum absolute atomic E-state index is 12.3. The number of hydrogen-bond donors (Lipinski definition) is 2. The fourth-order valence-electron chi connectivity index (χ4n) is 3.14. The van der Waals surface area contributed by atoms with E-state index in [1.165, 1.54) is 0 Å². The van der Waals surface area contributed by atoms with E-state index < -0.39 is 0 Å². The van der Waals surface area contributed by atoms with Crippen LogP contribution in [0.3, 0.4) is 0 Å². The first-order chi connectivity index (χ1) is 13.0. The van der Waals surface area contributed by atoms with Crippen LogP contribution in [0.4, 0.5) is 21.9 Å². The lowest BCUT2D eigenvalue weighted by atomic mass is 10.2. The van der Waals surface area contributed by atoms with E-state index in [4.69, 9.17) is 0 Å². The number of nitrogens with one attached hydrogen (secondary N) is 2. The molecule has 1 heterocycles. The van der Waals surface area contributed by atoms with Crippen molar-refractivity contribution in [1.29, 1.82) is 0 Å². The van der Waals surface area contributed by atoms with E-state index in [1.807, 2.05) is 61.6 Å². The molecule has 1 atom stereocenters. The van der Waals surface area contributed by atoms with E-state index in [2.05, 4.69) is 22.5 Å². The summed E-state index contributed by atoms with van der Waals surface area (Å²) in [5, 5.41) is 5.76. The molecule has 2 aromatic rings. The molecule has 142 valence electrons. The predicted octanol–water partition coefficient (Wildman–Crippen LogP) is 3.46. The van der Waals surface area contributed by atoms with E-state index in [0.29, 0.717) is 18.7 Å². The Labute approximate surface area is 160 Å².